The smallest absolute Gasteiger partial charge is 0.274 e. The Morgan fingerprint density at radius 3 is 2.65 bits per heavy atom. The molecular formula is C29H30F2N7OP. The summed E-state index contributed by atoms with van der Waals surface area (Å²) in [6, 6.07) is 8.40. The van der Waals surface area contributed by atoms with E-state index in [1.807, 2.05) is 23.9 Å². The zero-order valence-corrected chi connectivity index (χ0v) is 23.3. The van der Waals surface area contributed by atoms with E-state index in [0.29, 0.717) is 17.4 Å². The average Bonchev–Trinajstić information content (AvgIpc) is 3.39. The molecule has 3 N–H and O–H groups in total. The van der Waals surface area contributed by atoms with Crippen molar-refractivity contribution >= 4 is 31.7 Å². The molecule has 40 heavy (non-hydrogen) atoms. The van der Waals surface area contributed by atoms with Crippen LogP contribution in [0.4, 0.5) is 14.5 Å². The fourth-order valence-electron chi connectivity index (χ4n) is 5.49. The molecule has 1 saturated carbocycles. The number of hydrogen-bond donors (Lipinski definition) is 2. The number of rotatable bonds is 6. The maximum Gasteiger partial charge on any atom is 0.274 e. The third-order valence-electron chi connectivity index (χ3n) is 7.39. The van der Waals surface area contributed by atoms with E-state index in [2.05, 4.69) is 48.3 Å². The summed E-state index contributed by atoms with van der Waals surface area (Å²) in [5.74, 6) is -1.69. The van der Waals surface area contributed by atoms with Crippen molar-refractivity contribution in [1.29, 1.82) is 0 Å². The van der Waals surface area contributed by atoms with Crippen LogP contribution in [-0.2, 0) is 0 Å². The van der Waals surface area contributed by atoms with E-state index < -0.39 is 17.5 Å². The fourth-order valence-corrected chi connectivity index (χ4v) is 5.88. The maximum absolute atomic E-state index is 14.7. The second-order valence-electron chi connectivity index (χ2n) is 10.3. The minimum absolute atomic E-state index is 0.00999. The summed E-state index contributed by atoms with van der Waals surface area (Å²) in [6.07, 6.45) is 6.60. The molecule has 1 aromatic carbocycles. The quantitative estimate of drug-likeness (QED) is 0.325. The van der Waals surface area contributed by atoms with Crippen molar-refractivity contribution < 1.29 is 13.6 Å². The second kappa shape index (κ2) is 11.3. The number of pyridine rings is 2. The number of anilines is 1. The summed E-state index contributed by atoms with van der Waals surface area (Å²) in [5.41, 5.74) is 9.38. The van der Waals surface area contributed by atoms with E-state index in [4.69, 9.17) is 5.73 Å². The van der Waals surface area contributed by atoms with E-state index in [0.717, 1.165) is 29.3 Å². The predicted molar refractivity (Wildman–Crippen MR) is 154 cm³/mol. The Hall–Kier alpha value is -3.88. The van der Waals surface area contributed by atoms with E-state index >= 15 is 0 Å². The average molecular weight is 562 g/mol. The number of hydrogen-bond acceptors (Lipinski definition) is 6. The van der Waals surface area contributed by atoms with Crippen LogP contribution in [0.15, 0.2) is 61.6 Å². The molecule has 8 nitrogen and oxygen atoms in total. The van der Waals surface area contributed by atoms with Crippen molar-refractivity contribution in [3.8, 4) is 11.3 Å². The molecule has 4 aromatic rings. The van der Waals surface area contributed by atoms with Gasteiger partial charge in [0.25, 0.3) is 5.91 Å². The summed E-state index contributed by atoms with van der Waals surface area (Å²) < 4.78 is 31.0. The van der Waals surface area contributed by atoms with Gasteiger partial charge in [-0.05, 0) is 72.3 Å². The number of nitrogens with one attached hydrogen (secondary N) is 1. The molecule has 1 aliphatic rings. The summed E-state index contributed by atoms with van der Waals surface area (Å²) in [5, 5.41) is 11.8. The first-order valence-electron chi connectivity index (χ1n) is 12.9. The molecule has 0 spiro atoms. The van der Waals surface area contributed by atoms with Gasteiger partial charge in [-0.15, -0.1) is 14.3 Å². The van der Waals surface area contributed by atoms with Crippen molar-refractivity contribution in [1.82, 2.24) is 25.0 Å². The Balaban J connectivity index is 1.38. The van der Waals surface area contributed by atoms with E-state index in [-0.39, 0.29) is 40.9 Å². The lowest BCUT2D eigenvalue weighted by atomic mass is 9.73. The Kier molecular flexibility index (Phi) is 7.83. The van der Waals surface area contributed by atoms with Gasteiger partial charge in [0, 0.05) is 17.8 Å². The van der Waals surface area contributed by atoms with Gasteiger partial charge >= 0.3 is 0 Å². The minimum Gasteiger partial charge on any atom is -0.326 e. The Morgan fingerprint density at radius 1 is 1.15 bits per heavy atom. The highest BCUT2D eigenvalue weighted by Gasteiger charge is 2.37. The van der Waals surface area contributed by atoms with Crippen LogP contribution in [0.1, 0.15) is 60.4 Å². The molecule has 0 aliphatic heterocycles. The highest BCUT2D eigenvalue weighted by atomic mass is 31.0. The topological polar surface area (TPSA) is 112 Å². The van der Waals surface area contributed by atoms with E-state index in [1.165, 1.54) is 18.2 Å². The lowest BCUT2D eigenvalue weighted by Gasteiger charge is -2.39. The van der Waals surface area contributed by atoms with Gasteiger partial charge in [0.15, 0.2) is 0 Å². The number of nitrogens with zero attached hydrogens (tertiary/aromatic N) is 5. The largest absolute Gasteiger partial charge is 0.326 e. The molecule has 3 aromatic heterocycles. The SMILES string of the molecule is C=C(C)c1cn(C2C(C)CC(c3ccncc3NC(=O)c3ccc(F)c(-c4c(F)cccc4P)n3)CC2N)nn1. The molecule has 206 valence electrons. The zero-order chi connectivity index (χ0) is 28.6. The van der Waals surface area contributed by atoms with Crippen LogP contribution < -0.4 is 16.4 Å². The first-order valence-corrected chi connectivity index (χ1v) is 13.5. The van der Waals surface area contributed by atoms with Gasteiger partial charge in [-0.3, -0.25) is 9.78 Å². The summed E-state index contributed by atoms with van der Waals surface area (Å²) >= 11 is 0. The number of allylic oxidation sites excluding steroid dienone is 1. The van der Waals surface area contributed by atoms with Gasteiger partial charge in [0.2, 0.25) is 0 Å². The molecule has 1 fully saturated rings. The highest BCUT2D eigenvalue weighted by Crippen LogP contribution is 2.43. The number of nitrogens with two attached hydrogens (primary N) is 1. The lowest BCUT2D eigenvalue weighted by molar-refractivity contribution is 0.102. The molecule has 0 saturated heterocycles. The Bertz CT molecular complexity index is 1560. The van der Waals surface area contributed by atoms with Crippen molar-refractivity contribution in [2.75, 3.05) is 5.32 Å². The van der Waals surface area contributed by atoms with Crippen LogP contribution in [-0.4, -0.2) is 36.9 Å². The molecule has 5 rings (SSSR count). The summed E-state index contributed by atoms with van der Waals surface area (Å²) in [4.78, 5) is 21.6. The van der Waals surface area contributed by atoms with Crippen LogP contribution in [0.3, 0.4) is 0 Å². The molecule has 0 bridgehead atoms. The van der Waals surface area contributed by atoms with Crippen LogP contribution >= 0.6 is 9.24 Å². The number of benzene rings is 1. The summed E-state index contributed by atoms with van der Waals surface area (Å²) in [6.45, 7) is 7.95. The molecule has 5 atom stereocenters. The third-order valence-corrected chi connectivity index (χ3v) is 7.87. The lowest BCUT2D eigenvalue weighted by Crippen LogP contribution is -2.42. The van der Waals surface area contributed by atoms with Crippen LogP contribution in [0.5, 0.6) is 0 Å². The van der Waals surface area contributed by atoms with E-state index in [1.54, 1.807) is 18.5 Å². The Labute approximate surface area is 233 Å². The van der Waals surface area contributed by atoms with Crippen molar-refractivity contribution in [2.24, 2.45) is 11.7 Å². The van der Waals surface area contributed by atoms with Gasteiger partial charge in [-0.25, -0.2) is 18.4 Å². The summed E-state index contributed by atoms with van der Waals surface area (Å²) in [7, 11) is 2.37. The normalized spacial score (nSPS) is 20.8. The molecule has 1 amide bonds. The second-order valence-corrected chi connectivity index (χ2v) is 10.9. The Morgan fingerprint density at radius 2 is 1.95 bits per heavy atom. The molecule has 11 heteroatoms. The monoisotopic (exact) mass is 561 g/mol. The number of carbonyl (C=O) groups is 1. The highest BCUT2D eigenvalue weighted by molar-refractivity contribution is 7.28. The molecule has 0 radical (unpaired) electrons. The van der Waals surface area contributed by atoms with Crippen LogP contribution in [0.2, 0.25) is 0 Å². The minimum atomic E-state index is -0.727. The van der Waals surface area contributed by atoms with Gasteiger partial charge in [-0.2, -0.15) is 0 Å². The number of halogens is 2. The fraction of sp³-hybridized carbons (Fsp3) is 0.276. The van der Waals surface area contributed by atoms with Gasteiger partial charge < -0.3 is 11.1 Å². The molecule has 1 aliphatic carbocycles. The van der Waals surface area contributed by atoms with E-state index in [9.17, 15) is 13.6 Å². The predicted octanol–water partition coefficient (Wildman–Crippen LogP) is 4.88. The standard InChI is InChI=1S/C29H30F2N7OP/c1-15(2)24-14-38(37-36-24)28-16(3)11-17(12-21(28)32)18-9-10-33-13-23(18)35-29(39)22-8-7-20(31)27(34-22)26-19(30)5-4-6-25(26)40/h4-10,13-14,16-17,21,28H,1,11-12,32,40H2,2-3H3,(H,35,39). The molecule has 5 unspecified atom stereocenters. The zero-order valence-electron chi connectivity index (χ0n) is 22.2. The van der Waals surface area contributed by atoms with Crippen molar-refractivity contribution in [2.45, 2.75) is 44.7 Å². The van der Waals surface area contributed by atoms with Crippen LogP contribution in [0, 0.1) is 17.6 Å². The maximum atomic E-state index is 14.7. The van der Waals surface area contributed by atoms with Gasteiger partial charge in [0.1, 0.15) is 28.7 Å². The molecular weight excluding hydrogens is 531 g/mol. The number of carbonyl (C=O) groups excluding carboxylic acids is 1. The third kappa shape index (κ3) is 5.42. The van der Waals surface area contributed by atoms with Gasteiger partial charge in [-0.1, -0.05) is 30.8 Å². The first kappa shape index (κ1) is 27.7. The number of aromatic nitrogens is 5. The first-order chi connectivity index (χ1) is 19.1. The van der Waals surface area contributed by atoms with Crippen molar-refractivity contribution in [3.05, 3.63) is 90.2 Å². The van der Waals surface area contributed by atoms with Gasteiger partial charge in [0.05, 0.1) is 24.1 Å². The number of amides is 1. The van der Waals surface area contributed by atoms with Crippen molar-refractivity contribution in [3.63, 3.8) is 0 Å². The molecule has 3 heterocycles. The van der Waals surface area contributed by atoms with Crippen LogP contribution in [0.25, 0.3) is 16.8 Å².